The summed E-state index contributed by atoms with van der Waals surface area (Å²) in [5.74, 6) is 3.14. The summed E-state index contributed by atoms with van der Waals surface area (Å²) in [7, 11) is 0. The van der Waals surface area contributed by atoms with E-state index in [1.807, 2.05) is 0 Å². The van der Waals surface area contributed by atoms with E-state index in [2.05, 4.69) is 10.6 Å². The van der Waals surface area contributed by atoms with Gasteiger partial charge in [-0.1, -0.05) is 0 Å². The zero-order chi connectivity index (χ0) is 11.8. The third-order valence-electron chi connectivity index (χ3n) is 7.46. The molecular formula is C16H26N2. The van der Waals surface area contributed by atoms with E-state index in [1.165, 1.54) is 51.7 Å². The van der Waals surface area contributed by atoms with Gasteiger partial charge in [0.25, 0.3) is 0 Å². The summed E-state index contributed by atoms with van der Waals surface area (Å²) in [6.45, 7) is 3.96. The van der Waals surface area contributed by atoms with Crippen LogP contribution in [0.15, 0.2) is 0 Å². The van der Waals surface area contributed by atoms with Crippen molar-refractivity contribution in [2.24, 2.45) is 28.6 Å². The van der Waals surface area contributed by atoms with Crippen LogP contribution in [0.3, 0.4) is 0 Å². The van der Waals surface area contributed by atoms with Crippen molar-refractivity contribution in [3.63, 3.8) is 0 Å². The van der Waals surface area contributed by atoms with E-state index in [0.717, 1.165) is 34.6 Å². The first-order chi connectivity index (χ1) is 8.82. The molecule has 5 aliphatic rings. The zero-order valence-electron chi connectivity index (χ0n) is 11.4. The smallest absolute Gasteiger partial charge is 0.0101 e. The molecule has 3 aliphatic carbocycles. The number of piperidine rings is 2. The van der Waals surface area contributed by atoms with Crippen LogP contribution in [0.25, 0.3) is 0 Å². The average Bonchev–Trinajstić information content (AvgIpc) is 3.28. The minimum absolute atomic E-state index is 0.820. The molecule has 2 heterocycles. The first kappa shape index (κ1) is 10.7. The van der Waals surface area contributed by atoms with E-state index >= 15 is 0 Å². The first-order valence-corrected chi connectivity index (χ1v) is 8.27. The van der Waals surface area contributed by atoms with Crippen molar-refractivity contribution in [2.45, 2.75) is 51.0 Å². The molecule has 3 saturated carbocycles. The lowest BCUT2D eigenvalue weighted by Gasteiger charge is -2.52. The van der Waals surface area contributed by atoms with Crippen molar-refractivity contribution in [2.75, 3.05) is 19.6 Å². The fourth-order valence-electron chi connectivity index (χ4n) is 5.94. The minimum Gasteiger partial charge on any atom is -0.316 e. The first-order valence-electron chi connectivity index (χ1n) is 8.27. The Bertz CT molecular complexity index is 359. The Labute approximate surface area is 110 Å². The van der Waals surface area contributed by atoms with E-state index in [1.54, 1.807) is 12.8 Å². The largest absolute Gasteiger partial charge is 0.316 e. The van der Waals surface area contributed by atoms with Gasteiger partial charge in [0.2, 0.25) is 0 Å². The SMILES string of the molecule is C1CC2(CCC(C3CC34C3CNCC4C3)N1)CC2. The molecule has 0 aromatic carbocycles. The molecular weight excluding hydrogens is 220 g/mol. The maximum absolute atomic E-state index is 3.93. The van der Waals surface area contributed by atoms with Crippen molar-refractivity contribution in [1.29, 1.82) is 0 Å². The van der Waals surface area contributed by atoms with Crippen LogP contribution in [0.5, 0.6) is 0 Å². The van der Waals surface area contributed by atoms with E-state index in [4.69, 9.17) is 0 Å². The van der Waals surface area contributed by atoms with E-state index in [9.17, 15) is 0 Å². The van der Waals surface area contributed by atoms with Gasteiger partial charge in [-0.3, -0.25) is 0 Å². The second-order valence-corrected chi connectivity index (χ2v) is 8.06. The molecule has 2 saturated heterocycles. The predicted molar refractivity (Wildman–Crippen MR) is 72.3 cm³/mol. The van der Waals surface area contributed by atoms with Gasteiger partial charge in [-0.2, -0.15) is 0 Å². The number of nitrogens with one attached hydrogen (secondary N) is 2. The van der Waals surface area contributed by atoms with E-state index in [0.29, 0.717) is 0 Å². The topological polar surface area (TPSA) is 24.1 Å². The quantitative estimate of drug-likeness (QED) is 0.741. The highest BCUT2D eigenvalue weighted by atomic mass is 15.0. The minimum atomic E-state index is 0.820. The van der Waals surface area contributed by atoms with Gasteiger partial charge in [-0.15, -0.1) is 0 Å². The van der Waals surface area contributed by atoms with Crippen molar-refractivity contribution in [3.8, 4) is 0 Å². The Morgan fingerprint density at radius 2 is 1.78 bits per heavy atom. The number of hydrogen-bond donors (Lipinski definition) is 2. The highest BCUT2D eigenvalue weighted by molar-refractivity contribution is 5.22. The van der Waals surface area contributed by atoms with Gasteiger partial charge in [0, 0.05) is 6.04 Å². The average molecular weight is 246 g/mol. The Kier molecular flexibility index (Phi) is 1.97. The normalized spacial score (nSPS) is 56.0. The summed E-state index contributed by atoms with van der Waals surface area (Å²) in [6, 6.07) is 0.883. The molecule has 2 heteroatoms. The molecule has 5 fully saturated rings. The molecule has 0 radical (unpaired) electrons. The summed E-state index contributed by atoms with van der Waals surface area (Å²) < 4.78 is 0. The molecule has 0 aromatic heterocycles. The highest BCUT2D eigenvalue weighted by Crippen LogP contribution is 2.74. The van der Waals surface area contributed by atoms with Crippen LogP contribution < -0.4 is 10.6 Å². The van der Waals surface area contributed by atoms with Gasteiger partial charge in [-0.25, -0.2) is 0 Å². The molecule has 18 heavy (non-hydrogen) atoms. The third kappa shape index (κ3) is 1.27. The third-order valence-corrected chi connectivity index (χ3v) is 7.46. The lowest BCUT2D eigenvalue weighted by atomic mass is 9.57. The molecule has 2 N–H and O–H groups in total. The van der Waals surface area contributed by atoms with Gasteiger partial charge in [0.15, 0.2) is 0 Å². The Hall–Kier alpha value is -0.0800. The monoisotopic (exact) mass is 246 g/mol. The standard InChI is InChI=1S/C16H26N2/c1-2-15(3-4-15)5-6-18-14(1)13-8-16(13)11-7-12(16)10-17-9-11/h11-14,17-18H,1-10H2. The van der Waals surface area contributed by atoms with Crippen molar-refractivity contribution in [1.82, 2.24) is 10.6 Å². The lowest BCUT2D eigenvalue weighted by molar-refractivity contribution is -0.0117. The molecule has 2 aliphatic heterocycles. The van der Waals surface area contributed by atoms with Gasteiger partial charge in [0.1, 0.15) is 0 Å². The molecule has 100 valence electrons. The predicted octanol–water partition coefficient (Wildman–Crippen LogP) is 2.15. The van der Waals surface area contributed by atoms with Crippen molar-refractivity contribution in [3.05, 3.63) is 0 Å². The second-order valence-electron chi connectivity index (χ2n) is 8.06. The van der Waals surface area contributed by atoms with Crippen LogP contribution >= 0.6 is 0 Å². The van der Waals surface area contributed by atoms with Crippen LogP contribution in [0, 0.1) is 28.6 Å². The van der Waals surface area contributed by atoms with Gasteiger partial charge in [0.05, 0.1) is 0 Å². The second kappa shape index (κ2) is 3.32. The van der Waals surface area contributed by atoms with E-state index in [-0.39, 0.29) is 0 Å². The fourth-order valence-corrected chi connectivity index (χ4v) is 5.94. The number of rotatable bonds is 1. The molecule has 4 unspecified atom stereocenters. The molecule has 4 atom stereocenters. The van der Waals surface area contributed by atoms with Crippen molar-refractivity contribution >= 4 is 0 Å². The summed E-state index contributed by atoms with van der Waals surface area (Å²) in [6.07, 6.45) is 10.7. The molecule has 5 rings (SSSR count). The summed E-state index contributed by atoms with van der Waals surface area (Å²) in [4.78, 5) is 0. The Balaban J connectivity index is 1.30. The molecule has 2 nitrogen and oxygen atoms in total. The number of hydrogen-bond acceptors (Lipinski definition) is 2. The lowest BCUT2D eigenvalue weighted by Crippen LogP contribution is -2.56. The van der Waals surface area contributed by atoms with Gasteiger partial charge < -0.3 is 10.6 Å². The Morgan fingerprint density at radius 3 is 2.50 bits per heavy atom. The van der Waals surface area contributed by atoms with Crippen molar-refractivity contribution < 1.29 is 0 Å². The molecule has 0 aromatic rings. The summed E-state index contributed by atoms with van der Waals surface area (Å²) in [5.41, 5.74) is 1.64. The Morgan fingerprint density at radius 1 is 0.944 bits per heavy atom. The maximum atomic E-state index is 3.93. The van der Waals surface area contributed by atoms with Crippen LogP contribution in [-0.2, 0) is 0 Å². The zero-order valence-corrected chi connectivity index (χ0v) is 11.4. The maximum Gasteiger partial charge on any atom is 0.0101 e. The van der Waals surface area contributed by atoms with Gasteiger partial charge >= 0.3 is 0 Å². The van der Waals surface area contributed by atoms with E-state index < -0.39 is 0 Å². The van der Waals surface area contributed by atoms with Crippen LogP contribution in [0.1, 0.15) is 44.9 Å². The highest BCUT2D eigenvalue weighted by Gasteiger charge is 2.71. The molecule has 2 spiro atoms. The van der Waals surface area contributed by atoms with Crippen LogP contribution in [0.2, 0.25) is 0 Å². The van der Waals surface area contributed by atoms with Crippen LogP contribution in [0.4, 0.5) is 0 Å². The fraction of sp³-hybridized carbons (Fsp3) is 1.00. The van der Waals surface area contributed by atoms with Crippen LogP contribution in [-0.4, -0.2) is 25.7 Å². The van der Waals surface area contributed by atoms with Gasteiger partial charge in [-0.05, 0) is 93.2 Å². The summed E-state index contributed by atoms with van der Waals surface area (Å²) >= 11 is 0. The summed E-state index contributed by atoms with van der Waals surface area (Å²) in [5, 5.41) is 7.55. The molecule has 2 bridgehead atoms. The molecule has 0 amide bonds.